The fourth-order valence-corrected chi connectivity index (χ4v) is 2.25. The van der Waals surface area contributed by atoms with Gasteiger partial charge in [0.2, 0.25) is 0 Å². The number of rotatable bonds is 2. The summed E-state index contributed by atoms with van der Waals surface area (Å²) in [6.45, 7) is 4.26. The first-order valence-electron chi connectivity index (χ1n) is 6.24. The van der Waals surface area contributed by atoms with Crippen LogP contribution in [-0.4, -0.2) is 44.9 Å². The van der Waals surface area contributed by atoms with Crippen molar-refractivity contribution >= 4 is 11.9 Å². The number of amides is 1. The van der Waals surface area contributed by atoms with Gasteiger partial charge in [-0.05, 0) is 26.7 Å². The molecule has 19 heavy (non-hydrogen) atoms. The molecule has 0 saturated carbocycles. The molecule has 1 aliphatic rings. The van der Waals surface area contributed by atoms with Gasteiger partial charge in [0.15, 0.2) is 0 Å². The topological polar surface area (TPSA) is 83.4 Å². The number of carboxylic acid groups (broad SMARTS) is 1. The standard InChI is InChI=1S/C13H17N3O3/c1-9-6-15-10(7-14-9)11(17)16-5-3-4-13(2,8-16)12(18)19/h6-7H,3-5,8H2,1-2H3,(H,18,19). The average molecular weight is 263 g/mol. The van der Waals surface area contributed by atoms with Gasteiger partial charge >= 0.3 is 5.97 Å². The number of aliphatic carboxylic acids is 1. The second kappa shape index (κ2) is 4.95. The molecule has 1 aliphatic heterocycles. The molecule has 1 N–H and O–H groups in total. The van der Waals surface area contributed by atoms with E-state index in [2.05, 4.69) is 9.97 Å². The van der Waals surface area contributed by atoms with Crippen molar-refractivity contribution in [2.24, 2.45) is 5.41 Å². The van der Waals surface area contributed by atoms with Crippen molar-refractivity contribution in [1.29, 1.82) is 0 Å². The number of aryl methyl sites for hydroxylation is 1. The molecule has 1 fully saturated rings. The Morgan fingerprint density at radius 2 is 2.11 bits per heavy atom. The second-order valence-corrected chi connectivity index (χ2v) is 5.24. The molecule has 1 amide bonds. The van der Waals surface area contributed by atoms with Gasteiger partial charge in [-0.3, -0.25) is 14.6 Å². The Labute approximate surface area is 111 Å². The third-order valence-corrected chi connectivity index (χ3v) is 3.50. The van der Waals surface area contributed by atoms with Crippen molar-refractivity contribution in [3.05, 3.63) is 23.8 Å². The zero-order valence-corrected chi connectivity index (χ0v) is 11.1. The van der Waals surface area contributed by atoms with Gasteiger partial charge in [0.05, 0.1) is 17.3 Å². The number of hydrogen-bond donors (Lipinski definition) is 1. The van der Waals surface area contributed by atoms with E-state index in [0.717, 1.165) is 5.69 Å². The van der Waals surface area contributed by atoms with Crippen molar-refractivity contribution in [3.63, 3.8) is 0 Å². The van der Waals surface area contributed by atoms with Crippen LogP contribution >= 0.6 is 0 Å². The van der Waals surface area contributed by atoms with Gasteiger partial charge in [-0.1, -0.05) is 0 Å². The Bertz CT molecular complexity index is 500. The summed E-state index contributed by atoms with van der Waals surface area (Å²) in [5.74, 6) is -1.11. The van der Waals surface area contributed by atoms with Crippen molar-refractivity contribution < 1.29 is 14.7 Å². The second-order valence-electron chi connectivity index (χ2n) is 5.24. The number of aromatic nitrogens is 2. The summed E-state index contributed by atoms with van der Waals surface area (Å²) in [7, 11) is 0. The van der Waals surface area contributed by atoms with Crippen LogP contribution in [0.15, 0.2) is 12.4 Å². The molecular formula is C13H17N3O3. The van der Waals surface area contributed by atoms with Crippen LogP contribution in [0.25, 0.3) is 0 Å². The number of likely N-dealkylation sites (tertiary alicyclic amines) is 1. The lowest BCUT2D eigenvalue weighted by Crippen LogP contribution is -2.48. The van der Waals surface area contributed by atoms with Crippen molar-refractivity contribution in [1.82, 2.24) is 14.9 Å². The van der Waals surface area contributed by atoms with Crippen LogP contribution in [0.2, 0.25) is 0 Å². The van der Waals surface area contributed by atoms with E-state index in [9.17, 15) is 14.7 Å². The van der Waals surface area contributed by atoms with E-state index >= 15 is 0 Å². The molecule has 0 radical (unpaired) electrons. The number of piperidine rings is 1. The van der Waals surface area contributed by atoms with Gasteiger partial charge in [0, 0.05) is 19.3 Å². The number of carbonyl (C=O) groups excluding carboxylic acids is 1. The molecule has 6 heteroatoms. The molecule has 0 bridgehead atoms. The molecule has 2 heterocycles. The van der Waals surface area contributed by atoms with Crippen molar-refractivity contribution in [2.75, 3.05) is 13.1 Å². The number of carbonyl (C=O) groups is 2. The van der Waals surface area contributed by atoms with E-state index < -0.39 is 11.4 Å². The van der Waals surface area contributed by atoms with Gasteiger partial charge in [-0.2, -0.15) is 0 Å². The van der Waals surface area contributed by atoms with Gasteiger partial charge in [-0.15, -0.1) is 0 Å². The van der Waals surface area contributed by atoms with Gasteiger partial charge in [-0.25, -0.2) is 4.98 Å². The Kier molecular flexibility index (Phi) is 3.50. The molecule has 2 rings (SSSR count). The van der Waals surface area contributed by atoms with E-state index in [4.69, 9.17) is 0 Å². The highest BCUT2D eigenvalue weighted by Crippen LogP contribution is 2.30. The summed E-state index contributed by atoms with van der Waals surface area (Å²) in [5, 5.41) is 9.24. The lowest BCUT2D eigenvalue weighted by Gasteiger charge is -2.37. The van der Waals surface area contributed by atoms with Crippen LogP contribution in [0, 0.1) is 12.3 Å². The molecule has 0 spiro atoms. The van der Waals surface area contributed by atoms with E-state index in [1.807, 2.05) is 0 Å². The van der Waals surface area contributed by atoms with Crippen molar-refractivity contribution in [3.8, 4) is 0 Å². The zero-order valence-electron chi connectivity index (χ0n) is 11.1. The lowest BCUT2D eigenvalue weighted by atomic mass is 9.82. The quantitative estimate of drug-likeness (QED) is 0.864. The molecule has 0 aromatic carbocycles. The first-order chi connectivity index (χ1) is 8.92. The van der Waals surface area contributed by atoms with Crippen LogP contribution in [-0.2, 0) is 4.79 Å². The van der Waals surface area contributed by atoms with E-state index in [1.165, 1.54) is 12.4 Å². The number of nitrogens with zero attached hydrogens (tertiary/aromatic N) is 3. The van der Waals surface area contributed by atoms with Gasteiger partial charge in [0.25, 0.3) is 5.91 Å². The molecule has 1 aromatic heterocycles. The molecule has 1 atom stereocenters. The first-order valence-corrected chi connectivity index (χ1v) is 6.24. The Morgan fingerprint density at radius 3 is 2.68 bits per heavy atom. The van der Waals surface area contributed by atoms with E-state index in [-0.39, 0.29) is 18.1 Å². The summed E-state index contributed by atoms with van der Waals surface area (Å²) in [4.78, 5) is 33.1. The lowest BCUT2D eigenvalue weighted by molar-refractivity contribution is -0.150. The van der Waals surface area contributed by atoms with Gasteiger partial charge < -0.3 is 10.0 Å². The van der Waals surface area contributed by atoms with E-state index in [0.29, 0.717) is 19.4 Å². The molecule has 1 saturated heterocycles. The minimum absolute atomic E-state index is 0.219. The summed E-state index contributed by atoms with van der Waals surface area (Å²) in [5.41, 5.74) is 0.136. The third kappa shape index (κ3) is 2.72. The summed E-state index contributed by atoms with van der Waals surface area (Å²) < 4.78 is 0. The van der Waals surface area contributed by atoms with Crippen molar-refractivity contribution in [2.45, 2.75) is 26.7 Å². The van der Waals surface area contributed by atoms with Crippen LogP contribution in [0.3, 0.4) is 0 Å². The molecule has 102 valence electrons. The SMILES string of the molecule is Cc1cnc(C(=O)N2CCCC(C)(C(=O)O)C2)cn1. The fraction of sp³-hybridized carbons (Fsp3) is 0.538. The fourth-order valence-electron chi connectivity index (χ4n) is 2.25. The highest BCUT2D eigenvalue weighted by Gasteiger charge is 2.39. The summed E-state index contributed by atoms with van der Waals surface area (Å²) in [6.07, 6.45) is 4.25. The Morgan fingerprint density at radius 1 is 1.37 bits per heavy atom. The molecule has 0 aliphatic carbocycles. The smallest absolute Gasteiger partial charge is 0.311 e. The monoisotopic (exact) mass is 263 g/mol. The number of hydrogen-bond acceptors (Lipinski definition) is 4. The molecule has 1 aromatic rings. The third-order valence-electron chi connectivity index (χ3n) is 3.50. The van der Waals surface area contributed by atoms with E-state index in [1.54, 1.807) is 18.7 Å². The minimum atomic E-state index is -0.869. The Hall–Kier alpha value is -1.98. The van der Waals surface area contributed by atoms with Crippen LogP contribution in [0.1, 0.15) is 35.9 Å². The predicted molar refractivity (Wildman–Crippen MR) is 67.6 cm³/mol. The first kappa shape index (κ1) is 13.5. The highest BCUT2D eigenvalue weighted by molar-refractivity contribution is 5.92. The normalized spacial score (nSPS) is 23.2. The largest absolute Gasteiger partial charge is 0.481 e. The maximum atomic E-state index is 12.3. The molecule has 1 unspecified atom stereocenters. The molecule has 6 nitrogen and oxygen atoms in total. The van der Waals surface area contributed by atoms with Gasteiger partial charge in [0.1, 0.15) is 5.69 Å². The predicted octanol–water partition coefficient (Wildman–Crippen LogP) is 1.11. The maximum Gasteiger partial charge on any atom is 0.311 e. The van der Waals surface area contributed by atoms with Crippen LogP contribution in [0.4, 0.5) is 0 Å². The summed E-state index contributed by atoms with van der Waals surface area (Å²) >= 11 is 0. The zero-order chi connectivity index (χ0) is 14.0. The average Bonchev–Trinajstić information content (AvgIpc) is 2.39. The highest BCUT2D eigenvalue weighted by atomic mass is 16.4. The summed E-state index contributed by atoms with van der Waals surface area (Å²) in [6, 6.07) is 0. The van der Waals surface area contributed by atoms with Crippen LogP contribution < -0.4 is 0 Å². The van der Waals surface area contributed by atoms with Crippen LogP contribution in [0.5, 0.6) is 0 Å². The maximum absolute atomic E-state index is 12.3. The molecular weight excluding hydrogens is 246 g/mol. The number of carboxylic acids is 1. The minimum Gasteiger partial charge on any atom is -0.481 e. The Balaban J connectivity index is 2.15.